The maximum Gasteiger partial charge on any atom is 0.249 e. The highest BCUT2D eigenvalue weighted by Gasteiger charge is 2.23. The minimum absolute atomic E-state index is 0.313. The third kappa shape index (κ3) is 35.3. The van der Waals surface area contributed by atoms with Gasteiger partial charge in [-0.15, -0.1) is 0 Å². The number of amides is 1. The Hall–Kier alpha value is -0.910. The Labute approximate surface area is 306 Å². The quantitative estimate of drug-likeness (QED) is 0.0380. The van der Waals surface area contributed by atoms with Crippen molar-refractivity contribution in [3.05, 3.63) is 12.2 Å². The van der Waals surface area contributed by atoms with Gasteiger partial charge < -0.3 is 20.6 Å². The number of carbonyl (C=O) groups excluding carboxylic acids is 1. The molecule has 0 saturated heterocycles. The lowest BCUT2D eigenvalue weighted by Crippen LogP contribution is -2.49. The monoisotopic (exact) mass is 694 g/mol. The van der Waals surface area contributed by atoms with Crippen LogP contribution in [0.5, 0.6) is 0 Å². The number of hydrogen-bond donors (Lipinski definition) is 4. The summed E-state index contributed by atoms with van der Waals surface area (Å²) < 4.78 is 0. The van der Waals surface area contributed by atoms with Crippen molar-refractivity contribution in [1.82, 2.24) is 5.32 Å². The highest BCUT2D eigenvalue weighted by molar-refractivity contribution is 5.80. The molecule has 0 saturated carbocycles. The lowest BCUT2D eigenvalue weighted by Gasteiger charge is -2.23. The van der Waals surface area contributed by atoms with Gasteiger partial charge in [0.25, 0.3) is 0 Å². The van der Waals surface area contributed by atoms with Crippen LogP contribution in [0.2, 0.25) is 0 Å². The molecule has 292 valence electrons. The fraction of sp³-hybridized carbons (Fsp3) is 0.932. The molecule has 5 nitrogen and oxygen atoms in total. The van der Waals surface area contributed by atoms with E-state index in [9.17, 15) is 20.1 Å². The molecule has 0 fully saturated rings. The van der Waals surface area contributed by atoms with Crippen LogP contribution in [0.4, 0.5) is 0 Å². The molecular formula is C44H87NO4. The fourth-order valence-electron chi connectivity index (χ4n) is 6.89. The van der Waals surface area contributed by atoms with Gasteiger partial charge in [0.05, 0.1) is 18.8 Å². The first-order valence-electron chi connectivity index (χ1n) is 22.0. The molecule has 4 N–H and O–H groups in total. The minimum Gasteiger partial charge on any atom is -0.394 e. The fourth-order valence-corrected chi connectivity index (χ4v) is 6.89. The van der Waals surface area contributed by atoms with E-state index in [-0.39, 0.29) is 6.61 Å². The summed E-state index contributed by atoms with van der Waals surface area (Å²) in [4.78, 5) is 12.5. The van der Waals surface area contributed by atoms with Crippen molar-refractivity contribution in [3.63, 3.8) is 0 Å². The zero-order valence-electron chi connectivity index (χ0n) is 33.1. The van der Waals surface area contributed by atoms with Crippen LogP contribution >= 0.6 is 0 Å². The summed E-state index contributed by atoms with van der Waals surface area (Å²) in [6.07, 6.45) is 46.4. The van der Waals surface area contributed by atoms with E-state index in [1.807, 2.05) is 0 Å². The standard InChI is InChI=1S/C44H87NO4/c1-3-5-7-9-11-13-15-17-18-19-20-21-22-23-24-25-27-29-31-33-35-37-39-43(48)44(49)45-41(40-46)42(47)38-36-34-32-30-28-26-16-14-12-10-8-6-4-2/h23-24,41-43,46-48H,3-22,25-40H2,1-2H3,(H,45,49)/b24-23-. The first kappa shape index (κ1) is 48.1. The Balaban J connectivity index is 3.60. The van der Waals surface area contributed by atoms with Crippen molar-refractivity contribution in [3.8, 4) is 0 Å². The number of allylic oxidation sites excluding steroid dienone is 2. The van der Waals surface area contributed by atoms with Gasteiger partial charge in [-0.2, -0.15) is 0 Å². The third-order valence-corrected chi connectivity index (χ3v) is 10.4. The topological polar surface area (TPSA) is 89.8 Å². The van der Waals surface area contributed by atoms with Gasteiger partial charge in [-0.25, -0.2) is 0 Å². The SMILES string of the molecule is CCCCCCCCCCCCCC/C=C\CCCCCCCCC(O)C(=O)NC(CO)C(O)CCCCCCCCCCCCCCC. The van der Waals surface area contributed by atoms with E-state index in [4.69, 9.17) is 0 Å². The molecule has 0 aliphatic heterocycles. The Morgan fingerprint density at radius 2 is 0.776 bits per heavy atom. The second kappa shape index (κ2) is 39.9. The second-order valence-corrected chi connectivity index (χ2v) is 15.3. The van der Waals surface area contributed by atoms with Gasteiger partial charge in [-0.3, -0.25) is 4.79 Å². The number of hydrogen-bond acceptors (Lipinski definition) is 4. The number of aliphatic hydroxyl groups excluding tert-OH is 3. The van der Waals surface area contributed by atoms with Crippen molar-refractivity contribution in [2.45, 2.75) is 257 Å². The van der Waals surface area contributed by atoms with Crippen LogP contribution in [0.3, 0.4) is 0 Å². The van der Waals surface area contributed by atoms with E-state index >= 15 is 0 Å². The summed E-state index contributed by atoms with van der Waals surface area (Å²) in [5.41, 5.74) is 0. The van der Waals surface area contributed by atoms with E-state index in [0.29, 0.717) is 12.8 Å². The van der Waals surface area contributed by atoms with Crippen molar-refractivity contribution < 1.29 is 20.1 Å². The van der Waals surface area contributed by atoms with Crippen LogP contribution < -0.4 is 5.32 Å². The minimum atomic E-state index is -1.08. The summed E-state index contributed by atoms with van der Waals surface area (Å²) in [5.74, 6) is -0.473. The van der Waals surface area contributed by atoms with Gasteiger partial charge in [-0.1, -0.05) is 212 Å². The Morgan fingerprint density at radius 3 is 1.12 bits per heavy atom. The first-order valence-corrected chi connectivity index (χ1v) is 22.0. The highest BCUT2D eigenvalue weighted by atomic mass is 16.3. The van der Waals surface area contributed by atoms with Gasteiger partial charge in [0.2, 0.25) is 5.91 Å². The summed E-state index contributed by atoms with van der Waals surface area (Å²) in [5, 5.41) is 33.3. The molecule has 0 bridgehead atoms. The normalized spacial score (nSPS) is 13.7. The van der Waals surface area contributed by atoms with Crippen LogP contribution in [-0.4, -0.2) is 46.1 Å². The molecule has 0 aromatic rings. The molecule has 3 atom stereocenters. The molecule has 0 radical (unpaired) electrons. The molecule has 0 aromatic heterocycles. The van der Waals surface area contributed by atoms with Crippen molar-refractivity contribution in [1.29, 1.82) is 0 Å². The summed E-state index contributed by atoms with van der Waals surface area (Å²) >= 11 is 0. The Morgan fingerprint density at radius 1 is 0.469 bits per heavy atom. The largest absolute Gasteiger partial charge is 0.394 e. The van der Waals surface area contributed by atoms with Gasteiger partial charge in [0, 0.05) is 0 Å². The first-order chi connectivity index (χ1) is 24.1. The molecule has 49 heavy (non-hydrogen) atoms. The van der Waals surface area contributed by atoms with Gasteiger partial charge in [-0.05, 0) is 38.5 Å². The predicted molar refractivity (Wildman–Crippen MR) is 213 cm³/mol. The molecule has 0 spiro atoms. The van der Waals surface area contributed by atoms with Crippen LogP contribution in [0.15, 0.2) is 12.2 Å². The number of rotatable bonds is 40. The molecule has 0 aromatic carbocycles. The summed E-state index contributed by atoms with van der Waals surface area (Å²) in [7, 11) is 0. The molecule has 5 heteroatoms. The van der Waals surface area contributed by atoms with E-state index in [1.54, 1.807) is 0 Å². The van der Waals surface area contributed by atoms with Gasteiger partial charge in [0.15, 0.2) is 0 Å². The van der Waals surface area contributed by atoms with Crippen molar-refractivity contribution in [2.75, 3.05) is 6.61 Å². The Bertz CT molecular complexity index is 684. The van der Waals surface area contributed by atoms with Crippen molar-refractivity contribution >= 4 is 5.91 Å². The molecule has 0 heterocycles. The van der Waals surface area contributed by atoms with E-state index in [2.05, 4.69) is 31.3 Å². The highest BCUT2D eigenvalue weighted by Crippen LogP contribution is 2.16. The number of aliphatic hydroxyl groups is 3. The molecular weight excluding hydrogens is 606 g/mol. The Kier molecular flexibility index (Phi) is 39.1. The van der Waals surface area contributed by atoms with E-state index < -0.39 is 24.2 Å². The van der Waals surface area contributed by atoms with Crippen LogP contribution in [-0.2, 0) is 4.79 Å². The summed E-state index contributed by atoms with van der Waals surface area (Å²) in [6.45, 7) is 4.23. The van der Waals surface area contributed by atoms with Crippen molar-refractivity contribution in [2.24, 2.45) is 0 Å². The second-order valence-electron chi connectivity index (χ2n) is 15.3. The van der Waals surface area contributed by atoms with Gasteiger partial charge in [0.1, 0.15) is 6.10 Å². The molecule has 1 amide bonds. The zero-order valence-corrected chi connectivity index (χ0v) is 33.1. The number of unbranched alkanes of at least 4 members (excludes halogenated alkanes) is 30. The molecule has 0 aliphatic carbocycles. The molecule has 0 rings (SSSR count). The number of carbonyl (C=O) groups is 1. The average Bonchev–Trinajstić information content (AvgIpc) is 3.11. The maximum absolute atomic E-state index is 12.5. The lowest BCUT2D eigenvalue weighted by molar-refractivity contribution is -0.131. The smallest absolute Gasteiger partial charge is 0.249 e. The zero-order chi connectivity index (χ0) is 35.9. The van der Waals surface area contributed by atoms with E-state index in [0.717, 1.165) is 32.1 Å². The third-order valence-electron chi connectivity index (χ3n) is 10.4. The lowest BCUT2D eigenvalue weighted by atomic mass is 10.0. The van der Waals surface area contributed by atoms with E-state index in [1.165, 1.54) is 180 Å². The number of nitrogens with one attached hydrogen (secondary N) is 1. The van der Waals surface area contributed by atoms with Crippen LogP contribution in [0.1, 0.15) is 239 Å². The molecule has 3 unspecified atom stereocenters. The average molecular weight is 694 g/mol. The van der Waals surface area contributed by atoms with Gasteiger partial charge >= 0.3 is 0 Å². The maximum atomic E-state index is 12.5. The summed E-state index contributed by atoms with van der Waals surface area (Å²) in [6, 6.07) is -0.710. The van der Waals surface area contributed by atoms with Crippen LogP contribution in [0.25, 0.3) is 0 Å². The predicted octanol–water partition coefficient (Wildman–Crippen LogP) is 12.4. The molecule has 0 aliphatic rings. The van der Waals surface area contributed by atoms with Crippen LogP contribution in [0, 0.1) is 0 Å².